The third-order valence-electron chi connectivity index (χ3n) is 5.42. The predicted octanol–water partition coefficient (Wildman–Crippen LogP) is 0.0795. The Hall–Kier alpha value is -3.13. The summed E-state index contributed by atoms with van der Waals surface area (Å²) < 4.78 is 4.83. The standard InChI is InChI=1S/C18H19N5O7S2/c1-29-16(28)8-3-7(8)13-14(15(26)27)23-11(25)4-12(23)32-18(13,9-6-31-17(19)21-9)22-10(24)5-20-30-2/h5-8,12H,3-4H2,1-2H3,(H2,19,21)(H,22,24)(H,26,27)/b20-5-/t7?,8?,12-,18?/m0/s1. The molecule has 2 fully saturated rings. The second kappa shape index (κ2) is 8.09. The number of thiazole rings is 1. The summed E-state index contributed by atoms with van der Waals surface area (Å²) in [5.74, 6) is -4.08. The van der Waals surface area contributed by atoms with Crippen LogP contribution in [0.25, 0.3) is 0 Å². The molecule has 3 unspecified atom stereocenters. The molecule has 2 amide bonds. The maximum Gasteiger partial charge on any atom is 0.352 e. The van der Waals surface area contributed by atoms with E-state index >= 15 is 0 Å². The first-order valence-corrected chi connectivity index (χ1v) is 11.1. The molecule has 2 aliphatic heterocycles. The number of ether oxygens (including phenoxy) is 1. The molecule has 4 rings (SSSR count). The summed E-state index contributed by atoms with van der Waals surface area (Å²) in [6.45, 7) is 0. The number of amides is 2. The van der Waals surface area contributed by atoms with Crippen molar-refractivity contribution >= 4 is 58.2 Å². The number of carbonyl (C=O) groups is 4. The van der Waals surface area contributed by atoms with Gasteiger partial charge in [-0.3, -0.25) is 19.3 Å². The molecule has 0 spiro atoms. The molecule has 1 saturated heterocycles. The van der Waals surface area contributed by atoms with Gasteiger partial charge in [-0.2, -0.15) is 0 Å². The fraction of sp³-hybridized carbons (Fsp3) is 0.444. The molecule has 3 heterocycles. The van der Waals surface area contributed by atoms with Gasteiger partial charge in [0.15, 0.2) is 10.0 Å². The van der Waals surface area contributed by atoms with Crippen LogP contribution in [0.5, 0.6) is 0 Å². The number of hydrogen-bond acceptors (Lipinski definition) is 11. The number of nitrogens with one attached hydrogen (secondary N) is 1. The zero-order valence-electron chi connectivity index (χ0n) is 16.9. The minimum atomic E-state index is -1.49. The zero-order chi connectivity index (χ0) is 23.2. The lowest BCUT2D eigenvalue weighted by atomic mass is 9.92. The van der Waals surface area contributed by atoms with E-state index in [4.69, 9.17) is 10.5 Å². The highest BCUT2D eigenvalue weighted by molar-refractivity contribution is 8.01. The number of anilines is 1. The minimum absolute atomic E-state index is 0.0865. The number of nitrogen functional groups attached to an aromatic ring is 1. The lowest BCUT2D eigenvalue weighted by Gasteiger charge is -2.51. The third kappa shape index (κ3) is 3.48. The Morgan fingerprint density at radius 1 is 1.44 bits per heavy atom. The number of nitrogens with two attached hydrogens (primary N) is 1. The van der Waals surface area contributed by atoms with E-state index in [-0.39, 0.29) is 28.7 Å². The van der Waals surface area contributed by atoms with Crippen LogP contribution < -0.4 is 11.1 Å². The van der Waals surface area contributed by atoms with E-state index in [9.17, 15) is 24.3 Å². The van der Waals surface area contributed by atoms with Crippen molar-refractivity contribution in [3.63, 3.8) is 0 Å². The number of thioether (sulfide) groups is 1. The number of carbonyl (C=O) groups excluding carboxylic acids is 3. The Morgan fingerprint density at radius 2 is 2.19 bits per heavy atom. The summed E-state index contributed by atoms with van der Waals surface area (Å²) in [4.78, 5) is 58.2. The summed E-state index contributed by atoms with van der Waals surface area (Å²) in [7, 11) is 2.51. The number of hydrogen-bond donors (Lipinski definition) is 3. The lowest BCUT2D eigenvalue weighted by Crippen LogP contribution is -2.61. The van der Waals surface area contributed by atoms with Gasteiger partial charge < -0.3 is 25.7 Å². The Kier molecular flexibility index (Phi) is 5.58. The van der Waals surface area contributed by atoms with Crippen molar-refractivity contribution in [1.29, 1.82) is 0 Å². The Morgan fingerprint density at radius 3 is 2.75 bits per heavy atom. The highest BCUT2D eigenvalue weighted by Crippen LogP contribution is 2.61. The van der Waals surface area contributed by atoms with E-state index in [1.807, 2.05) is 0 Å². The minimum Gasteiger partial charge on any atom is -0.477 e. The third-order valence-corrected chi connectivity index (χ3v) is 7.63. The van der Waals surface area contributed by atoms with Crippen LogP contribution in [0.1, 0.15) is 18.5 Å². The molecule has 4 N–H and O–H groups in total. The molecule has 1 saturated carbocycles. The van der Waals surface area contributed by atoms with Gasteiger partial charge in [0.25, 0.3) is 5.91 Å². The first kappa shape index (κ1) is 22.1. The quantitative estimate of drug-likeness (QED) is 0.209. The van der Waals surface area contributed by atoms with Crippen molar-refractivity contribution in [2.24, 2.45) is 17.0 Å². The van der Waals surface area contributed by atoms with E-state index < -0.39 is 39.9 Å². The van der Waals surface area contributed by atoms with E-state index in [0.29, 0.717) is 12.1 Å². The van der Waals surface area contributed by atoms with Crippen LogP contribution in [0.4, 0.5) is 5.13 Å². The van der Waals surface area contributed by atoms with E-state index in [2.05, 4.69) is 20.3 Å². The molecule has 4 atom stereocenters. The lowest BCUT2D eigenvalue weighted by molar-refractivity contribution is -0.146. The number of methoxy groups -OCH3 is 1. The van der Waals surface area contributed by atoms with Crippen molar-refractivity contribution < 1.29 is 33.9 Å². The Labute approximate surface area is 189 Å². The molecule has 1 aromatic heterocycles. The van der Waals surface area contributed by atoms with Gasteiger partial charge >= 0.3 is 11.9 Å². The number of fused-ring (bicyclic) bond motifs is 1. The van der Waals surface area contributed by atoms with Crippen molar-refractivity contribution in [2.45, 2.75) is 23.1 Å². The van der Waals surface area contributed by atoms with Gasteiger partial charge in [0, 0.05) is 16.9 Å². The number of aliphatic carboxylic acids is 1. The van der Waals surface area contributed by atoms with Crippen LogP contribution in [0.2, 0.25) is 0 Å². The Bertz CT molecular complexity index is 1070. The van der Waals surface area contributed by atoms with Gasteiger partial charge in [-0.15, -0.1) is 11.3 Å². The zero-order valence-corrected chi connectivity index (χ0v) is 18.6. The van der Waals surface area contributed by atoms with Crippen molar-refractivity contribution in [2.75, 3.05) is 20.0 Å². The summed E-state index contributed by atoms with van der Waals surface area (Å²) in [6, 6.07) is 0. The number of aromatic nitrogens is 1. The van der Waals surface area contributed by atoms with Crippen LogP contribution in [0, 0.1) is 11.8 Å². The molecular formula is C18H19N5O7S2. The van der Waals surface area contributed by atoms with E-state index in [1.54, 1.807) is 5.38 Å². The van der Waals surface area contributed by atoms with Crippen LogP contribution >= 0.6 is 23.1 Å². The van der Waals surface area contributed by atoms with Gasteiger partial charge in [0.1, 0.15) is 19.0 Å². The molecule has 1 aromatic rings. The summed E-state index contributed by atoms with van der Waals surface area (Å²) in [5.41, 5.74) is 6.08. The fourth-order valence-electron chi connectivity index (χ4n) is 4.01. The van der Waals surface area contributed by atoms with Gasteiger partial charge in [-0.05, 0) is 6.42 Å². The van der Waals surface area contributed by atoms with Crippen molar-refractivity contribution in [3.05, 3.63) is 22.3 Å². The number of nitrogens with zero attached hydrogens (tertiary/aromatic N) is 3. The second-order valence-electron chi connectivity index (χ2n) is 7.24. The Balaban J connectivity index is 1.93. The number of esters is 1. The molecule has 12 nitrogen and oxygen atoms in total. The van der Waals surface area contributed by atoms with Gasteiger partial charge in [-0.25, -0.2) is 9.78 Å². The molecule has 3 aliphatic rings. The molecule has 14 heteroatoms. The highest BCUT2D eigenvalue weighted by atomic mass is 32.2. The number of β-lactam (4-membered cyclic amide) rings is 1. The average molecular weight is 482 g/mol. The second-order valence-corrected chi connectivity index (χ2v) is 9.52. The molecular weight excluding hydrogens is 462 g/mol. The van der Waals surface area contributed by atoms with Crippen molar-refractivity contribution in [1.82, 2.24) is 15.2 Å². The van der Waals surface area contributed by atoms with Gasteiger partial charge in [0.2, 0.25) is 5.91 Å². The monoisotopic (exact) mass is 481 g/mol. The number of rotatable bonds is 7. The number of oxime groups is 1. The van der Waals surface area contributed by atoms with Crippen LogP contribution in [-0.2, 0) is 33.6 Å². The maximum absolute atomic E-state index is 12.7. The molecule has 1 aliphatic carbocycles. The maximum atomic E-state index is 12.7. The normalized spacial score (nSPS) is 28.8. The van der Waals surface area contributed by atoms with Gasteiger partial charge in [0.05, 0.1) is 30.5 Å². The van der Waals surface area contributed by atoms with Crippen LogP contribution in [-0.4, -0.2) is 64.6 Å². The van der Waals surface area contributed by atoms with E-state index in [1.165, 1.54) is 30.9 Å². The number of carboxylic acids is 1. The fourth-order valence-corrected chi connectivity index (χ4v) is 6.42. The molecule has 0 bridgehead atoms. The van der Waals surface area contributed by atoms with E-state index in [0.717, 1.165) is 17.6 Å². The van der Waals surface area contributed by atoms with Crippen molar-refractivity contribution in [3.8, 4) is 0 Å². The SMILES string of the molecule is CO/N=C\C(=O)NC1(c2csc(N)n2)S[C@H]2CC(=O)N2C(C(=O)O)=C1C1CC1C(=O)OC. The molecule has 0 aromatic carbocycles. The number of carboxylic acid groups (broad SMARTS) is 1. The predicted molar refractivity (Wildman–Crippen MR) is 113 cm³/mol. The first-order chi connectivity index (χ1) is 15.2. The topological polar surface area (TPSA) is 174 Å². The van der Waals surface area contributed by atoms with Gasteiger partial charge in [-0.1, -0.05) is 16.9 Å². The largest absolute Gasteiger partial charge is 0.477 e. The van der Waals surface area contributed by atoms with Crippen LogP contribution in [0.3, 0.4) is 0 Å². The molecule has 32 heavy (non-hydrogen) atoms. The summed E-state index contributed by atoms with van der Waals surface area (Å²) in [5, 5.41) is 17.6. The summed E-state index contributed by atoms with van der Waals surface area (Å²) >= 11 is 2.28. The summed E-state index contributed by atoms with van der Waals surface area (Å²) in [6.07, 6.45) is 1.29. The highest BCUT2D eigenvalue weighted by Gasteiger charge is 2.63. The molecule has 0 radical (unpaired) electrons. The van der Waals surface area contributed by atoms with Crippen LogP contribution in [0.15, 0.2) is 21.8 Å². The molecule has 170 valence electrons. The average Bonchev–Trinajstić information content (AvgIpc) is 3.41. The smallest absolute Gasteiger partial charge is 0.352 e. The first-order valence-electron chi connectivity index (χ1n) is 9.39.